The fourth-order valence-corrected chi connectivity index (χ4v) is 11.1. The van der Waals surface area contributed by atoms with Crippen molar-refractivity contribution in [3.8, 4) is 0 Å². The first-order chi connectivity index (χ1) is 33.4. The third-order valence-corrected chi connectivity index (χ3v) is 14.5. The molecule has 1 saturated carbocycles. The van der Waals surface area contributed by atoms with Gasteiger partial charge in [0.15, 0.2) is 5.96 Å². The lowest BCUT2D eigenvalue weighted by Gasteiger charge is -2.38. The highest BCUT2D eigenvalue weighted by atomic mass is 16.2. The van der Waals surface area contributed by atoms with E-state index in [1.165, 1.54) is 4.90 Å². The zero-order valence-corrected chi connectivity index (χ0v) is 38.6. The second-order valence-electron chi connectivity index (χ2n) is 19.1. The van der Waals surface area contributed by atoms with Gasteiger partial charge in [-0.1, -0.05) is 79.6 Å². The molecule has 5 heterocycles. The van der Waals surface area contributed by atoms with Crippen LogP contribution in [0.4, 0.5) is 0 Å². The van der Waals surface area contributed by atoms with Crippen molar-refractivity contribution < 1.29 is 28.8 Å². The van der Waals surface area contributed by atoms with Gasteiger partial charge in [0, 0.05) is 78.6 Å². The Morgan fingerprint density at radius 2 is 1.16 bits per heavy atom. The maximum absolute atomic E-state index is 15.3. The van der Waals surface area contributed by atoms with E-state index in [1.807, 2.05) is 78.9 Å². The molecule has 0 spiro atoms. The Hall–Kier alpha value is -7.21. The summed E-state index contributed by atoms with van der Waals surface area (Å²) in [6, 6.07) is 16.8. The Morgan fingerprint density at radius 3 is 1.78 bits per heavy atom. The van der Waals surface area contributed by atoms with Crippen molar-refractivity contribution in [2.24, 2.45) is 28.1 Å². The fraction of sp³-hybridized carbons (Fsp3) is 0.431. The molecule has 5 aromatic rings. The van der Waals surface area contributed by atoms with Crippen LogP contribution in [-0.4, -0.2) is 123 Å². The highest BCUT2D eigenvalue weighted by Gasteiger charge is 2.52. The molecule has 4 fully saturated rings. The first kappa shape index (κ1) is 46.9. The summed E-state index contributed by atoms with van der Waals surface area (Å²) < 4.78 is 0. The number of nitrogens with one attached hydrogen (secondary N) is 6. The van der Waals surface area contributed by atoms with Crippen LogP contribution < -0.4 is 38.5 Å². The average Bonchev–Trinajstić information content (AvgIpc) is 4.15. The Labute approximate surface area is 399 Å². The molecule has 0 bridgehead atoms. The number of H-pyrrole nitrogens is 2. The Kier molecular flexibility index (Phi) is 14.0. The molecule has 6 amide bonds. The van der Waals surface area contributed by atoms with Gasteiger partial charge in [0.1, 0.15) is 36.3 Å². The number of nitrogens with zero attached hydrogens (tertiary/aromatic N) is 3. The number of rotatable bonds is 10. The number of hydrogen-bond acceptors (Lipinski definition) is 8. The highest BCUT2D eigenvalue weighted by molar-refractivity contribution is 5.99. The summed E-state index contributed by atoms with van der Waals surface area (Å²) in [6.45, 7) is 0.201. The third-order valence-electron chi connectivity index (χ3n) is 14.5. The Bertz CT molecular complexity index is 2730. The maximum Gasteiger partial charge on any atom is 0.246 e. The van der Waals surface area contributed by atoms with E-state index in [-0.39, 0.29) is 75.4 Å². The summed E-state index contributed by atoms with van der Waals surface area (Å²) in [6.07, 6.45) is 7.94. The fourth-order valence-electron chi connectivity index (χ4n) is 11.1. The SMILES string of the molecule is NC(N)=NCCC[C@@H]1NC(=O)[C@H](Cc2c[nH]c3ccccc23)NC(=O)[C@@H](Cc2ccccc2)NC(=O)[C@H](Cc2c[nH]c3ccccc23)NC(=O)[C@@H]2C[C@@H]3CCCC[C@@H]3N2C(=O)[C@H]2C[C@@H](N)CN2C1=O. The van der Waals surface area contributed by atoms with Crippen molar-refractivity contribution in [1.82, 2.24) is 41.0 Å². The minimum atomic E-state index is -1.26. The molecule has 18 nitrogen and oxygen atoms in total. The standard InChI is InChI=1S/C51H62N12O6/c52-33-25-44-50(69)63-42-19-9-4-13-30(42)24-43(63)48(67)61-41(23-32-27-57-37-17-8-6-15-35(32)37)47(66)59-39(21-29-11-2-1-3-12-29)45(64)60-40(22-31-26-56-36-16-7-5-14-34(31)36)46(65)58-38(49(68)62(44)28-33)18-10-20-55-51(53)54/h1-3,5-8,11-12,14-17,26-27,30,33,38-44,56-57H,4,9-10,13,18-25,28,52H2,(H,58,65)(H,59,66)(H,60,64)(H,61,67)(H4,53,54,55)/t30-,33+,38-,39+,40-,41-,42-,43-,44+/m0/s1. The van der Waals surface area contributed by atoms with Gasteiger partial charge in [-0.15, -0.1) is 0 Å². The summed E-state index contributed by atoms with van der Waals surface area (Å²) in [5, 5.41) is 13.7. The van der Waals surface area contributed by atoms with Crippen LogP contribution in [0, 0.1) is 5.92 Å². The number of aromatic nitrogens is 2. The predicted octanol–water partition coefficient (Wildman–Crippen LogP) is 1.77. The zero-order valence-electron chi connectivity index (χ0n) is 38.6. The molecule has 3 saturated heterocycles. The molecule has 69 heavy (non-hydrogen) atoms. The largest absolute Gasteiger partial charge is 0.370 e. The van der Waals surface area contributed by atoms with Crippen molar-refractivity contribution >= 4 is 63.2 Å². The Balaban J connectivity index is 1.13. The molecule has 12 N–H and O–H groups in total. The molecular weight excluding hydrogens is 877 g/mol. The van der Waals surface area contributed by atoms with Crippen LogP contribution in [0.5, 0.6) is 0 Å². The van der Waals surface area contributed by atoms with Gasteiger partial charge in [-0.2, -0.15) is 0 Å². The molecule has 18 heteroatoms. The van der Waals surface area contributed by atoms with Gasteiger partial charge in [0.05, 0.1) is 0 Å². The minimum absolute atomic E-state index is 0.0103. The number of fused-ring (bicyclic) bond motifs is 6. The average molecular weight is 939 g/mol. The molecule has 9 rings (SSSR count). The molecule has 362 valence electrons. The van der Waals surface area contributed by atoms with Gasteiger partial charge in [0.2, 0.25) is 35.4 Å². The lowest BCUT2D eigenvalue weighted by molar-refractivity contribution is -0.150. The van der Waals surface area contributed by atoms with Crippen LogP contribution in [0.2, 0.25) is 0 Å². The molecule has 0 unspecified atom stereocenters. The van der Waals surface area contributed by atoms with Gasteiger partial charge in [-0.05, 0) is 73.3 Å². The molecule has 1 aliphatic carbocycles. The number of aromatic amines is 2. The predicted molar refractivity (Wildman–Crippen MR) is 261 cm³/mol. The van der Waals surface area contributed by atoms with Gasteiger partial charge in [-0.25, -0.2) is 0 Å². The lowest BCUT2D eigenvalue weighted by Crippen LogP contribution is -2.62. The summed E-state index contributed by atoms with van der Waals surface area (Å²) in [7, 11) is 0. The summed E-state index contributed by atoms with van der Waals surface area (Å²) in [4.78, 5) is 104. The van der Waals surface area contributed by atoms with E-state index in [9.17, 15) is 19.2 Å². The van der Waals surface area contributed by atoms with Crippen molar-refractivity contribution in [1.29, 1.82) is 0 Å². The minimum Gasteiger partial charge on any atom is -0.370 e. The number of amides is 6. The lowest BCUT2D eigenvalue weighted by atomic mass is 9.84. The van der Waals surface area contributed by atoms with Gasteiger partial charge < -0.3 is 58.2 Å². The summed E-state index contributed by atoms with van der Waals surface area (Å²) in [5.41, 5.74) is 21.8. The zero-order chi connectivity index (χ0) is 48.2. The van der Waals surface area contributed by atoms with Gasteiger partial charge >= 0.3 is 0 Å². The number of para-hydroxylation sites is 2. The molecule has 3 aromatic carbocycles. The van der Waals surface area contributed by atoms with Crippen LogP contribution in [0.1, 0.15) is 68.1 Å². The first-order valence-electron chi connectivity index (χ1n) is 24.2. The van der Waals surface area contributed by atoms with E-state index >= 15 is 9.59 Å². The summed E-state index contributed by atoms with van der Waals surface area (Å²) in [5.74, 6) is -3.41. The number of carbonyl (C=O) groups excluding carboxylic acids is 6. The Morgan fingerprint density at radius 1 is 0.609 bits per heavy atom. The molecule has 0 radical (unpaired) electrons. The molecule has 4 aliphatic rings. The normalized spacial score (nSPS) is 27.1. The second-order valence-corrected chi connectivity index (χ2v) is 19.1. The van der Waals surface area contributed by atoms with Crippen molar-refractivity contribution in [3.63, 3.8) is 0 Å². The van der Waals surface area contributed by atoms with E-state index in [1.54, 1.807) is 17.3 Å². The summed E-state index contributed by atoms with van der Waals surface area (Å²) >= 11 is 0. The molecule has 9 atom stereocenters. The number of nitrogens with two attached hydrogens (primary N) is 3. The number of hydrogen-bond donors (Lipinski definition) is 9. The number of carbonyl (C=O) groups is 6. The van der Waals surface area contributed by atoms with E-state index in [0.29, 0.717) is 12.8 Å². The molecule has 3 aliphatic heterocycles. The maximum atomic E-state index is 15.3. The smallest absolute Gasteiger partial charge is 0.246 e. The number of aliphatic imine (C=N–C) groups is 1. The number of guanidine groups is 1. The van der Waals surface area contributed by atoms with Crippen LogP contribution in [-0.2, 0) is 48.0 Å². The number of benzene rings is 3. The van der Waals surface area contributed by atoms with E-state index in [2.05, 4.69) is 36.2 Å². The third kappa shape index (κ3) is 10.3. The van der Waals surface area contributed by atoms with Crippen molar-refractivity contribution in [2.75, 3.05) is 13.1 Å². The first-order valence-corrected chi connectivity index (χ1v) is 24.2. The molecule has 2 aromatic heterocycles. The van der Waals surface area contributed by atoms with Gasteiger partial charge in [0.25, 0.3) is 0 Å². The highest BCUT2D eigenvalue weighted by Crippen LogP contribution is 2.41. The van der Waals surface area contributed by atoms with Crippen LogP contribution in [0.3, 0.4) is 0 Å². The second kappa shape index (κ2) is 20.6. The van der Waals surface area contributed by atoms with E-state index in [4.69, 9.17) is 17.2 Å². The van der Waals surface area contributed by atoms with Crippen molar-refractivity contribution in [2.45, 2.75) is 119 Å². The van der Waals surface area contributed by atoms with Gasteiger partial charge in [-0.3, -0.25) is 33.8 Å². The van der Waals surface area contributed by atoms with E-state index in [0.717, 1.165) is 57.8 Å². The van der Waals surface area contributed by atoms with E-state index < -0.39 is 71.8 Å². The molecular formula is C51H62N12O6. The monoisotopic (exact) mass is 938 g/mol. The van der Waals surface area contributed by atoms with Crippen molar-refractivity contribution in [3.05, 3.63) is 108 Å². The van der Waals surface area contributed by atoms with Crippen LogP contribution in [0.25, 0.3) is 21.8 Å². The topological polar surface area (TPSA) is 279 Å². The quantitative estimate of drug-likeness (QED) is 0.0560. The van der Waals surface area contributed by atoms with Crippen LogP contribution in [0.15, 0.2) is 96.2 Å². The van der Waals surface area contributed by atoms with Crippen LogP contribution >= 0.6 is 0 Å².